The molecule has 0 saturated carbocycles. The van der Waals surface area contributed by atoms with Gasteiger partial charge >= 0.3 is 11.8 Å². The van der Waals surface area contributed by atoms with Gasteiger partial charge in [-0.3, -0.25) is 19.5 Å². The molecule has 1 atom stereocenters. The second-order valence-electron chi connectivity index (χ2n) is 7.13. The van der Waals surface area contributed by atoms with E-state index in [-0.39, 0.29) is 6.04 Å². The summed E-state index contributed by atoms with van der Waals surface area (Å²) in [4.78, 5) is 30.9. The Morgan fingerprint density at radius 2 is 1.70 bits per heavy atom. The maximum absolute atomic E-state index is 12.4. The van der Waals surface area contributed by atoms with Gasteiger partial charge in [0.2, 0.25) is 0 Å². The molecule has 2 aromatic carbocycles. The molecule has 0 radical (unpaired) electrons. The maximum atomic E-state index is 12.4. The summed E-state index contributed by atoms with van der Waals surface area (Å²) in [6.07, 6.45) is 3.12. The highest BCUT2D eigenvalue weighted by atomic mass is 16.5. The molecular formula is C23H24N4O3. The number of morpholine rings is 1. The topological polar surface area (TPSA) is 83.6 Å². The summed E-state index contributed by atoms with van der Waals surface area (Å²) in [6, 6.07) is 17.6. The molecule has 1 aliphatic heterocycles. The number of hydrogen-bond donors (Lipinski definition) is 2. The number of nitrogens with one attached hydrogen (secondary N) is 2. The molecule has 0 unspecified atom stereocenters. The molecule has 1 fully saturated rings. The van der Waals surface area contributed by atoms with E-state index in [0.717, 1.165) is 29.4 Å². The number of hydrogen-bond acceptors (Lipinski definition) is 5. The van der Waals surface area contributed by atoms with E-state index in [0.29, 0.717) is 25.4 Å². The summed E-state index contributed by atoms with van der Waals surface area (Å²) in [5.74, 6) is -1.36. The summed E-state index contributed by atoms with van der Waals surface area (Å²) < 4.78 is 5.51. The van der Waals surface area contributed by atoms with Gasteiger partial charge in [-0.25, -0.2) is 0 Å². The van der Waals surface area contributed by atoms with Crippen LogP contribution in [-0.4, -0.2) is 54.5 Å². The molecule has 154 valence electrons. The molecule has 0 aliphatic carbocycles. The third-order valence-electron chi connectivity index (χ3n) is 5.27. The molecule has 2 amide bonds. The molecular weight excluding hydrogens is 380 g/mol. The van der Waals surface area contributed by atoms with E-state index in [1.165, 1.54) is 0 Å². The van der Waals surface area contributed by atoms with E-state index in [4.69, 9.17) is 4.74 Å². The van der Waals surface area contributed by atoms with Gasteiger partial charge in [0.1, 0.15) is 0 Å². The molecule has 30 heavy (non-hydrogen) atoms. The highest BCUT2D eigenvalue weighted by molar-refractivity contribution is 6.39. The molecule has 0 bridgehead atoms. The number of rotatable bonds is 5. The largest absolute Gasteiger partial charge is 0.379 e. The minimum absolute atomic E-state index is 0.0577. The van der Waals surface area contributed by atoms with Crippen molar-refractivity contribution in [3.63, 3.8) is 0 Å². The van der Waals surface area contributed by atoms with E-state index in [1.54, 1.807) is 24.5 Å². The summed E-state index contributed by atoms with van der Waals surface area (Å²) in [5.41, 5.74) is 1.66. The van der Waals surface area contributed by atoms with Crippen molar-refractivity contribution in [2.45, 2.75) is 6.04 Å². The number of carbonyl (C=O) groups excluding carboxylic acids is 2. The maximum Gasteiger partial charge on any atom is 0.313 e. The average molecular weight is 404 g/mol. The number of benzene rings is 2. The number of pyridine rings is 1. The number of aromatic nitrogens is 1. The molecule has 1 saturated heterocycles. The van der Waals surface area contributed by atoms with Crippen LogP contribution in [0.2, 0.25) is 0 Å². The number of carbonyl (C=O) groups is 2. The average Bonchev–Trinajstić information content (AvgIpc) is 2.80. The molecule has 2 N–H and O–H groups in total. The fraction of sp³-hybridized carbons (Fsp3) is 0.261. The molecule has 1 aliphatic rings. The summed E-state index contributed by atoms with van der Waals surface area (Å²) >= 11 is 0. The Morgan fingerprint density at radius 3 is 2.50 bits per heavy atom. The zero-order valence-corrected chi connectivity index (χ0v) is 16.6. The van der Waals surface area contributed by atoms with Gasteiger partial charge in [-0.2, -0.15) is 0 Å². The lowest BCUT2D eigenvalue weighted by Crippen LogP contribution is -2.45. The van der Waals surface area contributed by atoms with Crippen LogP contribution in [-0.2, 0) is 14.3 Å². The third-order valence-corrected chi connectivity index (χ3v) is 5.27. The Labute approximate surface area is 175 Å². The van der Waals surface area contributed by atoms with Gasteiger partial charge in [-0.05, 0) is 28.5 Å². The van der Waals surface area contributed by atoms with Gasteiger partial charge in [0.25, 0.3) is 0 Å². The number of nitrogens with zero attached hydrogens (tertiary/aromatic N) is 2. The highest BCUT2D eigenvalue weighted by Gasteiger charge is 2.25. The van der Waals surface area contributed by atoms with Crippen LogP contribution in [0.3, 0.4) is 0 Å². The van der Waals surface area contributed by atoms with Crippen LogP contribution in [0, 0.1) is 0 Å². The lowest BCUT2D eigenvalue weighted by molar-refractivity contribution is -0.136. The first-order valence-corrected chi connectivity index (χ1v) is 10.0. The van der Waals surface area contributed by atoms with Crippen molar-refractivity contribution in [2.75, 3.05) is 38.2 Å². The Balaban J connectivity index is 1.52. The molecule has 2 heterocycles. The van der Waals surface area contributed by atoms with Crippen LogP contribution in [0.15, 0.2) is 67.0 Å². The SMILES string of the molecule is O=C(NC[C@H](c1cccc2ccccc12)N1CCOCC1)C(=O)Nc1ccncc1. The second kappa shape index (κ2) is 9.47. The van der Waals surface area contributed by atoms with E-state index in [9.17, 15) is 9.59 Å². The minimum atomic E-state index is -0.695. The van der Waals surface area contributed by atoms with Crippen molar-refractivity contribution < 1.29 is 14.3 Å². The molecule has 4 rings (SSSR count). The van der Waals surface area contributed by atoms with Crippen LogP contribution in [0.1, 0.15) is 11.6 Å². The van der Waals surface area contributed by atoms with Gasteiger partial charge < -0.3 is 15.4 Å². The summed E-state index contributed by atoms with van der Waals surface area (Å²) in [7, 11) is 0. The van der Waals surface area contributed by atoms with Crippen LogP contribution in [0.25, 0.3) is 10.8 Å². The molecule has 1 aromatic heterocycles. The smallest absolute Gasteiger partial charge is 0.313 e. The van der Waals surface area contributed by atoms with Crippen LogP contribution >= 0.6 is 0 Å². The fourth-order valence-electron chi connectivity index (χ4n) is 3.76. The molecule has 7 nitrogen and oxygen atoms in total. The van der Waals surface area contributed by atoms with E-state index in [2.05, 4.69) is 44.8 Å². The molecule has 0 spiro atoms. The predicted octanol–water partition coefficient (Wildman–Crippen LogP) is 2.36. The van der Waals surface area contributed by atoms with Crippen molar-refractivity contribution in [2.24, 2.45) is 0 Å². The Hall–Kier alpha value is -3.29. The van der Waals surface area contributed by atoms with Crippen molar-refractivity contribution in [1.29, 1.82) is 0 Å². The quantitative estimate of drug-likeness (QED) is 0.638. The van der Waals surface area contributed by atoms with Crippen molar-refractivity contribution in [3.05, 3.63) is 72.6 Å². The van der Waals surface area contributed by atoms with Gasteiger partial charge in [0, 0.05) is 37.7 Å². The Kier molecular flexibility index (Phi) is 6.32. The molecule has 3 aromatic rings. The van der Waals surface area contributed by atoms with Crippen molar-refractivity contribution >= 4 is 28.3 Å². The number of ether oxygens (including phenoxy) is 1. The zero-order valence-electron chi connectivity index (χ0n) is 16.6. The van der Waals surface area contributed by atoms with E-state index >= 15 is 0 Å². The third kappa shape index (κ3) is 4.64. The lowest BCUT2D eigenvalue weighted by Gasteiger charge is -2.35. The molecule has 7 heteroatoms. The minimum Gasteiger partial charge on any atom is -0.379 e. The summed E-state index contributed by atoms with van der Waals surface area (Å²) in [6.45, 7) is 3.17. The van der Waals surface area contributed by atoms with Gasteiger partial charge in [0.15, 0.2) is 0 Å². The van der Waals surface area contributed by atoms with Crippen LogP contribution in [0.5, 0.6) is 0 Å². The zero-order chi connectivity index (χ0) is 20.8. The van der Waals surface area contributed by atoms with Gasteiger partial charge in [-0.1, -0.05) is 42.5 Å². The van der Waals surface area contributed by atoms with Crippen molar-refractivity contribution in [1.82, 2.24) is 15.2 Å². The Morgan fingerprint density at radius 1 is 0.967 bits per heavy atom. The first-order chi connectivity index (χ1) is 14.7. The van der Waals surface area contributed by atoms with Crippen LogP contribution < -0.4 is 10.6 Å². The van der Waals surface area contributed by atoms with Crippen LogP contribution in [0.4, 0.5) is 5.69 Å². The number of fused-ring (bicyclic) bond motifs is 1. The van der Waals surface area contributed by atoms with Gasteiger partial charge in [0.05, 0.1) is 19.3 Å². The van der Waals surface area contributed by atoms with Gasteiger partial charge in [-0.15, -0.1) is 0 Å². The number of amides is 2. The second-order valence-corrected chi connectivity index (χ2v) is 7.13. The van der Waals surface area contributed by atoms with E-state index in [1.807, 2.05) is 18.2 Å². The first-order valence-electron chi connectivity index (χ1n) is 10.0. The summed E-state index contributed by atoms with van der Waals surface area (Å²) in [5, 5.41) is 7.70. The highest BCUT2D eigenvalue weighted by Crippen LogP contribution is 2.28. The standard InChI is InChI=1S/C23H24N4O3/c28-22(23(29)26-18-8-10-24-11-9-18)25-16-21(27-12-14-30-15-13-27)20-7-3-5-17-4-1-2-6-19(17)20/h1-11,21H,12-16H2,(H,25,28)(H,24,26,29)/t21-/m1/s1. The Bertz CT molecular complexity index is 1010. The lowest BCUT2D eigenvalue weighted by atomic mass is 9.97. The van der Waals surface area contributed by atoms with Crippen molar-refractivity contribution in [3.8, 4) is 0 Å². The first kappa shape index (κ1) is 20.0. The van der Waals surface area contributed by atoms with E-state index < -0.39 is 11.8 Å². The predicted molar refractivity (Wildman–Crippen MR) is 115 cm³/mol. The fourth-order valence-corrected chi connectivity index (χ4v) is 3.76. The monoisotopic (exact) mass is 404 g/mol. The normalized spacial score (nSPS) is 15.5. The number of anilines is 1.